The summed E-state index contributed by atoms with van der Waals surface area (Å²) in [7, 11) is 0. The molecule has 0 aliphatic carbocycles. The SMILES string of the molecule is OC[C@H]1NC[C@H](O)[C@@H](O)[C@@H]1O[C@H]1O[C@H](CO)[C@@H](O)[C@H](O)[C@H]1O. The summed E-state index contributed by atoms with van der Waals surface area (Å²) in [6, 6.07) is -0.717. The minimum Gasteiger partial charge on any atom is -0.395 e. The van der Waals surface area contributed by atoms with E-state index in [9.17, 15) is 30.6 Å². The van der Waals surface area contributed by atoms with Crippen LogP contribution in [0.5, 0.6) is 0 Å². The fourth-order valence-electron chi connectivity index (χ4n) is 2.64. The molecule has 0 amide bonds. The number of aliphatic hydroxyl groups excluding tert-OH is 7. The molecule has 2 aliphatic rings. The number of rotatable bonds is 4. The monoisotopic (exact) mass is 325 g/mol. The Balaban J connectivity index is 2.09. The Bertz CT molecular complexity index is 355. The Morgan fingerprint density at radius 3 is 2.18 bits per heavy atom. The van der Waals surface area contributed by atoms with Gasteiger partial charge in [-0.15, -0.1) is 0 Å². The fraction of sp³-hybridized carbons (Fsp3) is 1.00. The van der Waals surface area contributed by atoms with Crippen molar-refractivity contribution in [1.82, 2.24) is 5.32 Å². The van der Waals surface area contributed by atoms with Gasteiger partial charge in [-0.05, 0) is 0 Å². The van der Waals surface area contributed by atoms with Crippen molar-refractivity contribution in [3.63, 3.8) is 0 Å². The van der Waals surface area contributed by atoms with Crippen LogP contribution in [0.15, 0.2) is 0 Å². The number of aliphatic hydroxyl groups is 7. The highest BCUT2D eigenvalue weighted by atomic mass is 16.7. The number of ether oxygens (including phenoxy) is 2. The molecule has 8 N–H and O–H groups in total. The zero-order valence-electron chi connectivity index (χ0n) is 11.8. The summed E-state index contributed by atoms with van der Waals surface area (Å²) in [5.74, 6) is 0. The van der Waals surface area contributed by atoms with E-state index in [0.717, 1.165) is 0 Å². The highest BCUT2D eigenvalue weighted by molar-refractivity contribution is 4.95. The first-order chi connectivity index (χ1) is 10.4. The third kappa shape index (κ3) is 3.41. The summed E-state index contributed by atoms with van der Waals surface area (Å²) in [5.41, 5.74) is 0. The lowest BCUT2D eigenvalue weighted by molar-refractivity contribution is -0.324. The molecule has 2 heterocycles. The quantitative estimate of drug-likeness (QED) is 0.250. The average molecular weight is 325 g/mol. The van der Waals surface area contributed by atoms with Crippen molar-refractivity contribution in [3.05, 3.63) is 0 Å². The highest BCUT2D eigenvalue weighted by Crippen LogP contribution is 2.25. The summed E-state index contributed by atoms with van der Waals surface area (Å²) in [6.07, 6.45) is -10.9. The van der Waals surface area contributed by atoms with E-state index in [0.29, 0.717) is 0 Å². The molecule has 0 aromatic carbocycles. The molecule has 130 valence electrons. The number of nitrogens with one attached hydrogen (secondary N) is 1. The fourth-order valence-corrected chi connectivity index (χ4v) is 2.64. The molecule has 2 aliphatic heterocycles. The van der Waals surface area contributed by atoms with Gasteiger partial charge in [-0.25, -0.2) is 0 Å². The lowest BCUT2D eigenvalue weighted by atomic mass is 9.95. The van der Waals surface area contributed by atoms with Crippen LogP contribution in [-0.2, 0) is 9.47 Å². The predicted octanol–water partition coefficient (Wildman–Crippen LogP) is -5.14. The zero-order chi connectivity index (χ0) is 16.4. The molecule has 10 nitrogen and oxygen atoms in total. The van der Waals surface area contributed by atoms with E-state index in [1.807, 2.05) is 0 Å². The molecule has 10 heteroatoms. The average Bonchev–Trinajstić information content (AvgIpc) is 2.52. The normalized spacial score (nSPS) is 50.0. The van der Waals surface area contributed by atoms with Crippen LogP contribution in [0.1, 0.15) is 0 Å². The maximum atomic E-state index is 9.97. The number of β-amino-alcohol motifs (C(OH)–C–C–N with tert-alkyl or cyclic N) is 1. The Morgan fingerprint density at radius 2 is 1.59 bits per heavy atom. The van der Waals surface area contributed by atoms with Gasteiger partial charge in [0.15, 0.2) is 6.29 Å². The lowest BCUT2D eigenvalue weighted by Crippen LogP contribution is -2.65. The van der Waals surface area contributed by atoms with Crippen molar-refractivity contribution in [2.45, 2.75) is 55.1 Å². The Morgan fingerprint density at radius 1 is 0.909 bits per heavy atom. The van der Waals surface area contributed by atoms with E-state index < -0.39 is 68.3 Å². The van der Waals surface area contributed by atoms with Crippen LogP contribution in [0.3, 0.4) is 0 Å². The van der Waals surface area contributed by atoms with E-state index >= 15 is 0 Å². The van der Waals surface area contributed by atoms with Crippen molar-refractivity contribution in [2.24, 2.45) is 0 Å². The first kappa shape index (κ1) is 17.9. The first-order valence-electron chi connectivity index (χ1n) is 7.07. The molecule has 0 spiro atoms. The molecule has 9 atom stereocenters. The Hall–Kier alpha value is -0.400. The lowest BCUT2D eigenvalue weighted by Gasteiger charge is -2.44. The minimum absolute atomic E-state index is 0.0565. The molecule has 0 unspecified atom stereocenters. The third-order valence-corrected chi connectivity index (χ3v) is 4.05. The van der Waals surface area contributed by atoms with Crippen LogP contribution in [0, 0.1) is 0 Å². The van der Waals surface area contributed by atoms with Gasteiger partial charge in [0.05, 0.1) is 25.4 Å². The maximum absolute atomic E-state index is 9.97. The van der Waals surface area contributed by atoms with Crippen molar-refractivity contribution in [2.75, 3.05) is 19.8 Å². The summed E-state index contributed by atoms with van der Waals surface area (Å²) < 4.78 is 10.6. The molecule has 0 bridgehead atoms. The van der Waals surface area contributed by atoms with Crippen LogP contribution in [-0.4, -0.2) is 111 Å². The molecule has 2 saturated heterocycles. The van der Waals surface area contributed by atoms with Crippen molar-refractivity contribution in [1.29, 1.82) is 0 Å². The Labute approximate surface area is 126 Å². The molecule has 0 aromatic heterocycles. The maximum Gasteiger partial charge on any atom is 0.187 e. The molecule has 2 fully saturated rings. The van der Waals surface area contributed by atoms with E-state index in [1.54, 1.807) is 0 Å². The van der Waals surface area contributed by atoms with Crippen LogP contribution >= 0.6 is 0 Å². The molecular weight excluding hydrogens is 302 g/mol. The molecule has 0 saturated carbocycles. The van der Waals surface area contributed by atoms with Crippen LogP contribution in [0.2, 0.25) is 0 Å². The van der Waals surface area contributed by atoms with Crippen LogP contribution in [0.4, 0.5) is 0 Å². The second-order valence-corrected chi connectivity index (χ2v) is 5.55. The molecular formula is C12H23NO9. The van der Waals surface area contributed by atoms with Gasteiger partial charge in [-0.2, -0.15) is 0 Å². The summed E-state index contributed by atoms with van der Waals surface area (Å²) in [6.45, 7) is -0.949. The second-order valence-electron chi connectivity index (χ2n) is 5.55. The third-order valence-electron chi connectivity index (χ3n) is 4.05. The van der Waals surface area contributed by atoms with Gasteiger partial charge >= 0.3 is 0 Å². The molecule has 2 rings (SSSR count). The van der Waals surface area contributed by atoms with Gasteiger partial charge in [0.25, 0.3) is 0 Å². The highest BCUT2D eigenvalue weighted by Gasteiger charge is 2.47. The van der Waals surface area contributed by atoms with Gasteiger partial charge in [0, 0.05) is 6.54 Å². The zero-order valence-corrected chi connectivity index (χ0v) is 11.8. The van der Waals surface area contributed by atoms with E-state index in [2.05, 4.69) is 5.32 Å². The van der Waals surface area contributed by atoms with Gasteiger partial charge in [-0.1, -0.05) is 0 Å². The summed E-state index contributed by atoms with van der Waals surface area (Å²) in [4.78, 5) is 0. The van der Waals surface area contributed by atoms with E-state index in [-0.39, 0.29) is 6.54 Å². The molecule has 0 aromatic rings. The van der Waals surface area contributed by atoms with Gasteiger partial charge in [-0.3, -0.25) is 0 Å². The predicted molar refractivity (Wildman–Crippen MR) is 69.5 cm³/mol. The van der Waals surface area contributed by atoms with Gasteiger partial charge < -0.3 is 50.5 Å². The van der Waals surface area contributed by atoms with E-state index in [4.69, 9.17) is 14.6 Å². The topological polar surface area (TPSA) is 172 Å². The van der Waals surface area contributed by atoms with Crippen molar-refractivity contribution in [3.8, 4) is 0 Å². The van der Waals surface area contributed by atoms with Gasteiger partial charge in [0.1, 0.15) is 36.6 Å². The standard InChI is InChI=1S/C12H23NO9/c14-2-4-11(7(17)5(16)1-13-4)22-12-10(20)9(19)8(18)6(3-15)21-12/h4-20H,1-3H2/t4-,5+,6-,7-,8-,9+,10-,11-,12-/m1/s1. The van der Waals surface area contributed by atoms with Crippen molar-refractivity contribution >= 4 is 0 Å². The second kappa shape index (κ2) is 7.45. The number of piperidine rings is 1. The smallest absolute Gasteiger partial charge is 0.187 e. The Kier molecular flexibility index (Phi) is 6.07. The van der Waals surface area contributed by atoms with E-state index in [1.165, 1.54) is 0 Å². The number of hydrogen-bond donors (Lipinski definition) is 8. The van der Waals surface area contributed by atoms with Gasteiger partial charge in [0.2, 0.25) is 0 Å². The largest absolute Gasteiger partial charge is 0.395 e. The minimum atomic E-state index is -1.62. The molecule has 0 radical (unpaired) electrons. The first-order valence-corrected chi connectivity index (χ1v) is 7.07. The summed E-state index contributed by atoms with van der Waals surface area (Å²) >= 11 is 0. The number of hydrogen-bond acceptors (Lipinski definition) is 10. The van der Waals surface area contributed by atoms with Crippen molar-refractivity contribution < 1.29 is 45.2 Å². The summed E-state index contributed by atoms with van der Waals surface area (Å²) in [5, 5.41) is 70.0. The molecule has 22 heavy (non-hydrogen) atoms. The van der Waals surface area contributed by atoms with Crippen LogP contribution in [0.25, 0.3) is 0 Å². The van der Waals surface area contributed by atoms with Crippen LogP contribution < -0.4 is 5.32 Å².